The average molecular weight is 761 g/mol. The molecule has 0 aromatic carbocycles. The van der Waals surface area contributed by atoms with Crippen LogP contribution in [0.5, 0.6) is 0 Å². The Labute approximate surface area is 322 Å². The molecule has 0 aliphatic heterocycles. The van der Waals surface area contributed by atoms with Crippen LogP contribution in [0.3, 0.4) is 0 Å². The van der Waals surface area contributed by atoms with Gasteiger partial charge >= 0.3 is 13.8 Å². The van der Waals surface area contributed by atoms with Crippen LogP contribution in [0.1, 0.15) is 200 Å². The van der Waals surface area contributed by atoms with E-state index in [1.807, 2.05) is 21.1 Å². The van der Waals surface area contributed by atoms with E-state index in [2.05, 4.69) is 26.0 Å². The van der Waals surface area contributed by atoms with Gasteiger partial charge in [-0.15, -0.1) is 0 Å². The summed E-state index contributed by atoms with van der Waals surface area (Å²) in [5, 5.41) is 0. The Balaban J connectivity index is 4.00. The molecule has 0 saturated heterocycles. The van der Waals surface area contributed by atoms with E-state index < -0.39 is 13.9 Å². The van der Waals surface area contributed by atoms with Crippen LogP contribution in [0.4, 0.5) is 0 Å². The number of carbonyl (C=O) groups is 1. The van der Waals surface area contributed by atoms with Gasteiger partial charge in [-0.25, -0.2) is 4.57 Å². The summed E-state index contributed by atoms with van der Waals surface area (Å²) < 4.78 is 34.8. The molecule has 0 saturated carbocycles. The summed E-state index contributed by atoms with van der Waals surface area (Å²) in [4.78, 5) is 22.8. The summed E-state index contributed by atoms with van der Waals surface area (Å²) in [6.07, 6.45) is 39.7. The van der Waals surface area contributed by atoms with Crippen LogP contribution >= 0.6 is 7.82 Å². The summed E-state index contributed by atoms with van der Waals surface area (Å²) in [6.45, 7) is 5.61. The lowest BCUT2D eigenvalue weighted by Gasteiger charge is -2.24. The highest BCUT2D eigenvalue weighted by Gasteiger charge is 2.26. The number of phosphoric acid groups is 1. The maximum atomic E-state index is 12.6. The number of carbonyl (C=O) groups excluding carboxylic acids is 1. The van der Waals surface area contributed by atoms with Gasteiger partial charge in [-0.2, -0.15) is 0 Å². The van der Waals surface area contributed by atoms with Crippen LogP contribution in [-0.2, 0) is 27.9 Å². The van der Waals surface area contributed by atoms with Crippen molar-refractivity contribution >= 4 is 13.8 Å². The molecular formula is C43H87NO7P+. The molecule has 0 fully saturated rings. The van der Waals surface area contributed by atoms with Crippen molar-refractivity contribution in [1.29, 1.82) is 0 Å². The minimum absolute atomic E-state index is 0.0913. The number of quaternary nitrogens is 1. The lowest BCUT2D eigenvalue weighted by molar-refractivity contribution is -0.870. The van der Waals surface area contributed by atoms with E-state index in [0.717, 1.165) is 32.1 Å². The predicted molar refractivity (Wildman–Crippen MR) is 220 cm³/mol. The maximum Gasteiger partial charge on any atom is 0.472 e. The number of allylic oxidation sites excluding steroid dienone is 2. The van der Waals surface area contributed by atoms with Gasteiger partial charge in [0.05, 0.1) is 34.4 Å². The van der Waals surface area contributed by atoms with Gasteiger partial charge in [-0.3, -0.25) is 13.8 Å². The third-order valence-corrected chi connectivity index (χ3v) is 10.6. The van der Waals surface area contributed by atoms with Crippen molar-refractivity contribution in [3.05, 3.63) is 12.2 Å². The number of hydrogen-bond donors (Lipinski definition) is 1. The summed E-state index contributed by atoms with van der Waals surface area (Å²) in [6, 6.07) is 0. The Morgan fingerprint density at radius 2 is 1.00 bits per heavy atom. The number of hydrogen-bond acceptors (Lipinski definition) is 6. The normalized spacial score (nSPS) is 13.9. The van der Waals surface area contributed by atoms with E-state index in [9.17, 15) is 14.3 Å². The number of unbranched alkanes of at least 4 members (excludes halogenated alkanes) is 25. The smallest absolute Gasteiger partial charge is 0.457 e. The Morgan fingerprint density at radius 3 is 1.46 bits per heavy atom. The molecule has 0 amide bonds. The number of rotatable bonds is 41. The van der Waals surface area contributed by atoms with E-state index in [1.54, 1.807) is 0 Å². The molecule has 9 heteroatoms. The van der Waals surface area contributed by atoms with Crippen molar-refractivity contribution in [3.8, 4) is 0 Å². The fourth-order valence-corrected chi connectivity index (χ4v) is 6.88. The molecule has 0 bridgehead atoms. The molecule has 0 radical (unpaired) electrons. The molecule has 0 aromatic heterocycles. The molecule has 2 atom stereocenters. The van der Waals surface area contributed by atoms with Gasteiger partial charge in [0.25, 0.3) is 0 Å². The van der Waals surface area contributed by atoms with Gasteiger partial charge in [-0.1, -0.05) is 167 Å². The fourth-order valence-electron chi connectivity index (χ4n) is 6.14. The van der Waals surface area contributed by atoms with Crippen molar-refractivity contribution in [3.63, 3.8) is 0 Å². The Bertz CT molecular complexity index is 848. The van der Waals surface area contributed by atoms with Crippen molar-refractivity contribution in [1.82, 2.24) is 0 Å². The van der Waals surface area contributed by atoms with E-state index in [-0.39, 0.29) is 25.8 Å². The van der Waals surface area contributed by atoms with Gasteiger partial charge in [0.2, 0.25) is 0 Å². The first-order valence-corrected chi connectivity index (χ1v) is 23.4. The number of esters is 1. The number of likely N-dealkylation sites (N-methyl/N-ethyl adjacent to an activating group) is 1. The highest BCUT2D eigenvalue weighted by molar-refractivity contribution is 7.47. The lowest BCUT2D eigenvalue weighted by atomic mass is 10.0. The number of nitrogens with zero attached hydrogens (tertiary/aromatic N) is 1. The molecule has 0 aromatic rings. The first-order chi connectivity index (χ1) is 25.1. The van der Waals surface area contributed by atoms with Gasteiger partial charge < -0.3 is 18.9 Å². The molecule has 8 nitrogen and oxygen atoms in total. The van der Waals surface area contributed by atoms with Gasteiger partial charge in [0, 0.05) is 13.0 Å². The maximum absolute atomic E-state index is 12.6. The lowest BCUT2D eigenvalue weighted by Crippen LogP contribution is -2.37. The van der Waals surface area contributed by atoms with Crippen molar-refractivity contribution in [2.45, 2.75) is 206 Å². The second-order valence-electron chi connectivity index (χ2n) is 16.1. The van der Waals surface area contributed by atoms with Gasteiger partial charge in [-0.05, 0) is 38.5 Å². The van der Waals surface area contributed by atoms with Crippen LogP contribution in [0.15, 0.2) is 12.2 Å². The molecule has 2 unspecified atom stereocenters. The minimum atomic E-state index is -4.26. The zero-order chi connectivity index (χ0) is 38.4. The third-order valence-electron chi connectivity index (χ3n) is 9.58. The molecule has 0 aliphatic carbocycles. The monoisotopic (exact) mass is 761 g/mol. The predicted octanol–water partition coefficient (Wildman–Crippen LogP) is 12.7. The van der Waals surface area contributed by atoms with E-state index in [1.165, 1.54) is 148 Å². The Kier molecular flexibility index (Phi) is 36.6. The van der Waals surface area contributed by atoms with Crippen LogP contribution in [0, 0.1) is 0 Å². The largest absolute Gasteiger partial charge is 0.472 e. The first-order valence-electron chi connectivity index (χ1n) is 21.9. The van der Waals surface area contributed by atoms with Crippen molar-refractivity contribution < 1.29 is 37.3 Å². The van der Waals surface area contributed by atoms with Crippen molar-refractivity contribution in [2.24, 2.45) is 0 Å². The van der Waals surface area contributed by atoms with Gasteiger partial charge in [0.15, 0.2) is 0 Å². The molecule has 1 N–H and O–H groups in total. The molecule has 0 rings (SSSR count). The summed E-state index contributed by atoms with van der Waals surface area (Å²) in [5.41, 5.74) is 0. The summed E-state index contributed by atoms with van der Waals surface area (Å²) in [5.74, 6) is -0.314. The number of phosphoric ester groups is 1. The second kappa shape index (κ2) is 37.2. The zero-order valence-corrected chi connectivity index (χ0v) is 36.0. The van der Waals surface area contributed by atoms with Crippen LogP contribution in [-0.4, -0.2) is 75.6 Å². The fraction of sp³-hybridized carbons (Fsp3) is 0.930. The summed E-state index contributed by atoms with van der Waals surface area (Å²) in [7, 11) is 1.67. The average Bonchev–Trinajstić information content (AvgIpc) is 3.09. The quantitative estimate of drug-likeness (QED) is 0.0218. The molecule has 310 valence electrons. The third kappa shape index (κ3) is 40.4. The molecule has 0 heterocycles. The minimum Gasteiger partial charge on any atom is -0.457 e. The standard InChI is InChI=1S/C43H86NO7P/c1-6-8-10-12-14-15-16-17-18-19-20-21-22-23-24-25-26-27-28-29-30-32-34-36-43(45)51-42(40-48-38-35-33-31-13-11-9-7-2)41-50-52(46,47)49-39-37-44(3,4)5/h19-20,42H,6-18,21-41H2,1-5H3/p+1/b20-19-. The Morgan fingerprint density at radius 1 is 0.577 bits per heavy atom. The summed E-state index contributed by atoms with van der Waals surface area (Å²) >= 11 is 0. The Hall–Kier alpha value is -0.760. The van der Waals surface area contributed by atoms with Gasteiger partial charge in [0.1, 0.15) is 19.3 Å². The van der Waals surface area contributed by atoms with Crippen LogP contribution in [0.25, 0.3) is 0 Å². The SMILES string of the molecule is CCCCCCCCCC/C=C\CCCCCCCCCCCCCC(=O)OC(COCCCCCCCCC)COP(=O)(O)OCC[N+](C)(C)C. The van der Waals surface area contributed by atoms with E-state index >= 15 is 0 Å². The van der Waals surface area contributed by atoms with Crippen LogP contribution < -0.4 is 0 Å². The zero-order valence-electron chi connectivity index (χ0n) is 35.1. The molecule has 0 aliphatic rings. The molecular weight excluding hydrogens is 673 g/mol. The molecule has 0 spiro atoms. The second-order valence-corrected chi connectivity index (χ2v) is 17.5. The van der Waals surface area contributed by atoms with E-state index in [4.69, 9.17) is 18.5 Å². The molecule has 52 heavy (non-hydrogen) atoms. The highest BCUT2D eigenvalue weighted by atomic mass is 31.2. The van der Waals surface area contributed by atoms with E-state index in [0.29, 0.717) is 24.1 Å². The highest BCUT2D eigenvalue weighted by Crippen LogP contribution is 2.43. The first kappa shape index (κ1) is 51.2. The van der Waals surface area contributed by atoms with Crippen LogP contribution in [0.2, 0.25) is 0 Å². The number of ether oxygens (including phenoxy) is 2. The topological polar surface area (TPSA) is 91.3 Å². The van der Waals surface area contributed by atoms with Crippen molar-refractivity contribution in [2.75, 3.05) is 54.1 Å².